The predicted molar refractivity (Wildman–Crippen MR) is 106 cm³/mol. The van der Waals surface area contributed by atoms with Crippen molar-refractivity contribution in [1.82, 2.24) is 10.3 Å². The predicted octanol–water partition coefficient (Wildman–Crippen LogP) is 1.20. The molecule has 0 aliphatic carbocycles. The molecule has 28 heavy (non-hydrogen) atoms. The molecule has 2 N–H and O–H groups in total. The van der Waals surface area contributed by atoms with E-state index in [0.717, 1.165) is 11.4 Å². The van der Waals surface area contributed by atoms with Crippen molar-refractivity contribution in [3.8, 4) is 11.5 Å². The number of phenolic OH excluding ortho intramolecular Hbond substituents is 1. The molecule has 0 bridgehead atoms. The van der Waals surface area contributed by atoms with Crippen LogP contribution in [-0.2, 0) is 9.59 Å². The van der Waals surface area contributed by atoms with E-state index in [1.54, 1.807) is 25.3 Å². The minimum absolute atomic E-state index is 0.0410. The third-order valence-corrected chi connectivity index (χ3v) is 4.49. The first-order valence-electron chi connectivity index (χ1n) is 8.88. The normalized spacial score (nSPS) is 14.2. The molecular weight excluding hydrogens is 360 g/mol. The van der Waals surface area contributed by atoms with Crippen LogP contribution in [0.4, 0.5) is 5.69 Å². The number of hydrogen-bond acceptors (Lipinski definition) is 6. The van der Waals surface area contributed by atoms with E-state index in [4.69, 9.17) is 4.74 Å². The van der Waals surface area contributed by atoms with Gasteiger partial charge in [-0.15, -0.1) is 0 Å². The van der Waals surface area contributed by atoms with Gasteiger partial charge in [0.25, 0.3) is 0 Å². The van der Waals surface area contributed by atoms with E-state index in [1.807, 2.05) is 24.3 Å². The van der Waals surface area contributed by atoms with Crippen LogP contribution in [0.1, 0.15) is 5.56 Å². The lowest BCUT2D eigenvalue weighted by Crippen LogP contribution is -2.52. The highest BCUT2D eigenvalue weighted by molar-refractivity contribution is 6.35. The Bertz CT molecular complexity index is 876. The highest BCUT2D eigenvalue weighted by Gasteiger charge is 2.26. The number of carbonyl (C=O) groups is 2. The summed E-state index contributed by atoms with van der Waals surface area (Å²) < 4.78 is 5.38. The largest absolute Gasteiger partial charge is 0.507 e. The van der Waals surface area contributed by atoms with E-state index in [9.17, 15) is 14.7 Å². The second-order valence-electron chi connectivity index (χ2n) is 6.21. The number of carbonyl (C=O) groups excluding carboxylic acids is 2. The molecule has 0 unspecified atom stereocenters. The van der Waals surface area contributed by atoms with Gasteiger partial charge < -0.3 is 19.6 Å². The summed E-state index contributed by atoms with van der Waals surface area (Å²) in [6, 6.07) is 14.3. The van der Waals surface area contributed by atoms with E-state index in [1.165, 1.54) is 17.2 Å². The van der Waals surface area contributed by atoms with Crippen LogP contribution < -0.4 is 15.1 Å². The highest BCUT2D eigenvalue weighted by Crippen LogP contribution is 2.28. The molecule has 1 aliphatic rings. The molecule has 0 saturated carbocycles. The maximum atomic E-state index is 12.3. The van der Waals surface area contributed by atoms with Gasteiger partial charge in [-0.25, -0.2) is 5.43 Å². The quantitative estimate of drug-likeness (QED) is 0.471. The Morgan fingerprint density at radius 3 is 2.46 bits per heavy atom. The van der Waals surface area contributed by atoms with Gasteiger partial charge in [-0.2, -0.15) is 5.10 Å². The summed E-state index contributed by atoms with van der Waals surface area (Å²) >= 11 is 0. The highest BCUT2D eigenvalue weighted by atomic mass is 16.5. The van der Waals surface area contributed by atoms with Crippen LogP contribution in [0.5, 0.6) is 11.5 Å². The molecule has 0 atom stereocenters. The maximum Gasteiger partial charge on any atom is 0.329 e. The Hall–Kier alpha value is -3.55. The van der Waals surface area contributed by atoms with E-state index >= 15 is 0 Å². The van der Waals surface area contributed by atoms with Crippen LogP contribution in [0, 0.1) is 0 Å². The topological polar surface area (TPSA) is 94.5 Å². The van der Waals surface area contributed by atoms with Gasteiger partial charge in [-0.05, 0) is 24.3 Å². The fourth-order valence-electron chi connectivity index (χ4n) is 2.99. The van der Waals surface area contributed by atoms with Gasteiger partial charge >= 0.3 is 11.8 Å². The minimum atomic E-state index is -0.808. The number of phenols is 1. The van der Waals surface area contributed by atoms with Crippen molar-refractivity contribution in [3.63, 3.8) is 0 Å². The number of aromatic hydroxyl groups is 1. The molecule has 0 spiro atoms. The number of amides is 2. The van der Waals surface area contributed by atoms with Crippen LogP contribution in [0.25, 0.3) is 0 Å². The number of anilines is 1. The lowest BCUT2D eigenvalue weighted by molar-refractivity contribution is -0.146. The number of rotatable bonds is 4. The van der Waals surface area contributed by atoms with Crippen molar-refractivity contribution >= 4 is 23.7 Å². The van der Waals surface area contributed by atoms with Gasteiger partial charge in [0.1, 0.15) is 11.5 Å². The number of nitrogens with one attached hydrogen (secondary N) is 1. The van der Waals surface area contributed by atoms with Gasteiger partial charge in [0.2, 0.25) is 0 Å². The summed E-state index contributed by atoms with van der Waals surface area (Å²) in [5.41, 5.74) is 3.62. The lowest BCUT2D eigenvalue weighted by atomic mass is 10.2. The molecule has 0 radical (unpaired) electrons. The zero-order valence-corrected chi connectivity index (χ0v) is 15.5. The number of benzene rings is 2. The number of para-hydroxylation sites is 3. The van der Waals surface area contributed by atoms with Crippen LogP contribution in [-0.4, -0.2) is 61.3 Å². The maximum absolute atomic E-state index is 12.3. The number of ether oxygens (including phenoxy) is 1. The summed E-state index contributed by atoms with van der Waals surface area (Å²) in [5.74, 6) is -0.621. The summed E-state index contributed by atoms with van der Waals surface area (Å²) in [6.45, 7) is 2.04. The second-order valence-corrected chi connectivity index (χ2v) is 6.21. The van der Waals surface area contributed by atoms with Gasteiger partial charge in [0.05, 0.1) is 19.0 Å². The minimum Gasteiger partial charge on any atom is -0.507 e. The van der Waals surface area contributed by atoms with Gasteiger partial charge in [-0.3, -0.25) is 9.59 Å². The molecule has 1 heterocycles. The Balaban J connectivity index is 1.53. The number of hydrazone groups is 1. The fourth-order valence-corrected chi connectivity index (χ4v) is 2.99. The zero-order chi connectivity index (χ0) is 19.9. The molecule has 3 rings (SSSR count). The van der Waals surface area contributed by atoms with Crippen molar-refractivity contribution in [2.24, 2.45) is 5.10 Å². The monoisotopic (exact) mass is 382 g/mol. The molecule has 8 heteroatoms. The van der Waals surface area contributed by atoms with Crippen LogP contribution in [0.15, 0.2) is 53.6 Å². The Morgan fingerprint density at radius 1 is 1.07 bits per heavy atom. The smallest absolute Gasteiger partial charge is 0.329 e. The third kappa shape index (κ3) is 4.40. The van der Waals surface area contributed by atoms with Crippen molar-refractivity contribution in [3.05, 3.63) is 54.1 Å². The SMILES string of the molecule is COc1ccccc1N1CCN(C(=O)C(=O)N/N=C\c2ccccc2O)CC1. The van der Waals surface area contributed by atoms with E-state index < -0.39 is 11.8 Å². The summed E-state index contributed by atoms with van der Waals surface area (Å²) in [4.78, 5) is 28.0. The van der Waals surface area contributed by atoms with Crippen LogP contribution in [0.2, 0.25) is 0 Å². The first-order chi connectivity index (χ1) is 13.6. The van der Waals surface area contributed by atoms with E-state index in [-0.39, 0.29) is 5.75 Å². The molecule has 1 saturated heterocycles. The van der Waals surface area contributed by atoms with Crippen LogP contribution >= 0.6 is 0 Å². The average molecular weight is 382 g/mol. The molecule has 2 aromatic rings. The Kier molecular flexibility index (Phi) is 6.11. The third-order valence-electron chi connectivity index (χ3n) is 4.49. The molecular formula is C20H22N4O4. The summed E-state index contributed by atoms with van der Waals surface area (Å²) in [6.07, 6.45) is 1.29. The van der Waals surface area contributed by atoms with E-state index in [0.29, 0.717) is 31.7 Å². The van der Waals surface area contributed by atoms with Gasteiger partial charge in [0, 0.05) is 31.7 Å². The van der Waals surface area contributed by atoms with Crippen LogP contribution in [0.3, 0.4) is 0 Å². The molecule has 2 amide bonds. The number of hydrogen-bond donors (Lipinski definition) is 2. The number of nitrogens with zero attached hydrogens (tertiary/aromatic N) is 3. The standard InChI is InChI=1S/C20H22N4O4/c1-28-18-9-5-3-7-16(18)23-10-12-24(13-11-23)20(27)19(26)22-21-14-15-6-2-4-8-17(15)25/h2-9,14,25H,10-13H2,1H3,(H,22,26)/b21-14-. The van der Waals surface area contributed by atoms with Crippen molar-refractivity contribution < 1.29 is 19.4 Å². The first-order valence-corrected chi connectivity index (χ1v) is 8.88. The zero-order valence-electron chi connectivity index (χ0n) is 15.5. The van der Waals surface area contributed by atoms with Crippen molar-refractivity contribution in [2.75, 3.05) is 38.2 Å². The molecule has 1 aliphatic heterocycles. The van der Waals surface area contributed by atoms with E-state index in [2.05, 4.69) is 15.4 Å². The van der Waals surface area contributed by atoms with Gasteiger partial charge in [-0.1, -0.05) is 24.3 Å². The first kappa shape index (κ1) is 19.2. The Morgan fingerprint density at radius 2 is 1.75 bits per heavy atom. The average Bonchev–Trinajstić information content (AvgIpc) is 2.74. The second kappa shape index (κ2) is 8.90. The number of piperazine rings is 1. The lowest BCUT2D eigenvalue weighted by Gasteiger charge is -2.36. The fraction of sp³-hybridized carbons (Fsp3) is 0.250. The molecule has 146 valence electrons. The summed E-state index contributed by atoms with van der Waals surface area (Å²) in [7, 11) is 1.62. The number of methoxy groups -OCH3 is 1. The van der Waals surface area contributed by atoms with Gasteiger partial charge in [0.15, 0.2) is 0 Å². The van der Waals surface area contributed by atoms with Crippen molar-refractivity contribution in [2.45, 2.75) is 0 Å². The molecule has 8 nitrogen and oxygen atoms in total. The summed E-state index contributed by atoms with van der Waals surface area (Å²) in [5, 5.41) is 13.4. The Labute approximate surface area is 163 Å². The molecule has 0 aromatic heterocycles. The molecule has 2 aromatic carbocycles. The molecule has 1 fully saturated rings. The van der Waals surface area contributed by atoms with Crippen molar-refractivity contribution in [1.29, 1.82) is 0 Å².